The molecule has 6 heteroatoms. The number of nitrogens with one attached hydrogen (secondary N) is 1. The van der Waals surface area contributed by atoms with Crippen LogP contribution in [0, 0.1) is 0 Å². The molecule has 3 heterocycles. The lowest BCUT2D eigenvalue weighted by Gasteiger charge is -2.28. The third kappa shape index (κ3) is 4.07. The highest BCUT2D eigenvalue weighted by Crippen LogP contribution is 2.29. The van der Waals surface area contributed by atoms with E-state index in [0.29, 0.717) is 12.0 Å². The van der Waals surface area contributed by atoms with Crippen LogP contribution in [-0.2, 0) is 0 Å². The topological polar surface area (TPSA) is 58.9 Å². The molecule has 0 spiro atoms. The molecule has 1 saturated carbocycles. The number of benzene rings is 1. The minimum atomic E-state index is 0.460. The molecule has 0 amide bonds. The summed E-state index contributed by atoms with van der Waals surface area (Å²) in [5.41, 5.74) is 3.27. The molecule has 2 aromatic heterocycles. The van der Waals surface area contributed by atoms with Crippen molar-refractivity contribution in [3.05, 3.63) is 36.7 Å². The predicted octanol–water partition coefficient (Wildman–Crippen LogP) is 5.46. The summed E-state index contributed by atoms with van der Waals surface area (Å²) >= 11 is 0. The van der Waals surface area contributed by atoms with E-state index >= 15 is 0 Å². The maximum Gasteiger partial charge on any atom is 0.229 e. The van der Waals surface area contributed by atoms with Gasteiger partial charge in [-0.3, -0.25) is 0 Å². The Balaban J connectivity index is 1.34. The molecule has 1 N–H and O–H groups in total. The Labute approximate surface area is 172 Å². The molecule has 1 aliphatic heterocycles. The Morgan fingerprint density at radius 2 is 1.55 bits per heavy atom. The molecule has 5 rings (SSSR count). The van der Waals surface area contributed by atoms with Gasteiger partial charge in [-0.1, -0.05) is 25.7 Å². The highest BCUT2D eigenvalue weighted by molar-refractivity contribution is 5.75. The molecule has 29 heavy (non-hydrogen) atoms. The van der Waals surface area contributed by atoms with Crippen LogP contribution in [0.1, 0.15) is 63.8 Å². The molecule has 1 saturated heterocycles. The molecule has 152 valence electrons. The quantitative estimate of drug-likeness (QED) is 0.600. The van der Waals surface area contributed by atoms with Crippen LogP contribution >= 0.6 is 0 Å². The lowest BCUT2D eigenvalue weighted by molar-refractivity contribution is 0.415. The monoisotopic (exact) mass is 390 g/mol. The van der Waals surface area contributed by atoms with Gasteiger partial charge in [0, 0.05) is 30.7 Å². The molecule has 3 aromatic rings. The summed E-state index contributed by atoms with van der Waals surface area (Å²) in [5, 5.41) is 9.04. The van der Waals surface area contributed by atoms with Gasteiger partial charge in [0.15, 0.2) is 5.65 Å². The van der Waals surface area contributed by atoms with Crippen molar-refractivity contribution in [2.75, 3.05) is 23.3 Å². The SMILES string of the molecule is c1cc(N2CCCCC2)ccc1Nc1ncc2cnn(C3CCCCCC3)c2n1. The zero-order valence-corrected chi connectivity index (χ0v) is 17.1. The van der Waals surface area contributed by atoms with Crippen LogP contribution in [0.4, 0.5) is 17.3 Å². The molecule has 0 radical (unpaired) electrons. The number of rotatable bonds is 4. The second-order valence-electron chi connectivity index (χ2n) is 8.43. The van der Waals surface area contributed by atoms with E-state index in [1.165, 1.54) is 63.5 Å². The molecule has 0 bridgehead atoms. The Bertz CT molecular complexity index is 934. The van der Waals surface area contributed by atoms with Gasteiger partial charge < -0.3 is 10.2 Å². The Morgan fingerprint density at radius 1 is 0.828 bits per heavy atom. The summed E-state index contributed by atoms with van der Waals surface area (Å²) in [6, 6.07) is 9.10. The second-order valence-corrected chi connectivity index (χ2v) is 8.43. The van der Waals surface area contributed by atoms with Crippen molar-refractivity contribution >= 4 is 28.4 Å². The first kappa shape index (κ1) is 18.4. The normalized spacial score (nSPS) is 18.7. The first-order valence-electron chi connectivity index (χ1n) is 11.2. The lowest BCUT2D eigenvalue weighted by atomic mass is 10.1. The number of nitrogens with zero attached hydrogens (tertiary/aromatic N) is 5. The van der Waals surface area contributed by atoms with Crippen molar-refractivity contribution in [3.8, 4) is 0 Å². The van der Waals surface area contributed by atoms with E-state index in [-0.39, 0.29) is 0 Å². The number of anilines is 3. The summed E-state index contributed by atoms with van der Waals surface area (Å²) in [6.07, 6.45) is 15.4. The van der Waals surface area contributed by atoms with Gasteiger partial charge in [0.05, 0.1) is 17.6 Å². The standard InChI is InChI=1S/C23H30N6/c1-2-5-9-21(8-4-1)29-22-18(17-25-29)16-24-23(27-22)26-19-10-12-20(13-11-19)28-14-6-3-7-15-28/h10-13,16-17,21H,1-9,14-15H2,(H,24,26,27). The number of hydrogen-bond acceptors (Lipinski definition) is 5. The maximum atomic E-state index is 4.82. The Hall–Kier alpha value is -2.63. The van der Waals surface area contributed by atoms with Gasteiger partial charge in [-0.05, 0) is 56.4 Å². The molecular formula is C23H30N6. The first-order valence-corrected chi connectivity index (χ1v) is 11.2. The molecule has 2 aliphatic rings. The molecular weight excluding hydrogens is 360 g/mol. The largest absolute Gasteiger partial charge is 0.372 e. The van der Waals surface area contributed by atoms with Crippen molar-refractivity contribution in [1.82, 2.24) is 19.7 Å². The third-order valence-electron chi connectivity index (χ3n) is 6.35. The fourth-order valence-electron chi connectivity index (χ4n) is 4.70. The minimum absolute atomic E-state index is 0.460. The van der Waals surface area contributed by atoms with Crippen LogP contribution in [-0.4, -0.2) is 32.8 Å². The summed E-state index contributed by atoms with van der Waals surface area (Å²) in [6.45, 7) is 2.33. The number of hydrogen-bond donors (Lipinski definition) is 1. The van der Waals surface area contributed by atoms with E-state index in [1.807, 2.05) is 12.4 Å². The van der Waals surface area contributed by atoms with Crippen LogP contribution in [0.25, 0.3) is 11.0 Å². The van der Waals surface area contributed by atoms with Crippen LogP contribution in [0.2, 0.25) is 0 Å². The van der Waals surface area contributed by atoms with E-state index < -0.39 is 0 Å². The summed E-state index contributed by atoms with van der Waals surface area (Å²) in [4.78, 5) is 11.8. The fourth-order valence-corrected chi connectivity index (χ4v) is 4.70. The van der Waals surface area contributed by atoms with E-state index in [1.54, 1.807) is 0 Å². The van der Waals surface area contributed by atoms with Crippen LogP contribution in [0.3, 0.4) is 0 Å². The van der Waals surface area contributed by atoms with Gasteiger partial charge in [-0.2, -0.15) is 10.1 Å². The van der Waals surface area contributed by atoms with Crippen molar-refractivity contribution < 1.29 is 0 Å². The molecule has 2 fully saturated rings. The van der Waals surface area contributed by atoms with Crippen molar-refractivity contribution in [3.63, 3.8) is 0 Å². The molecule has 0 atom stereocenters. The van der Waals surface area contributed by atoms with Gasteiger partial charge in [0.2, 0.25) is 5.95 Å². The first-order chi connectivity index (χ1) is 14.4. The molecule has 0 unspecified atom stereocenters. The maximum absolute atomic E-state index is 4.82. The number of aromatic nitrogens is 4. The second kappa shape index (κ2) is 8.39. The summed E-state index contributed by atoms with van der Waals surface area (Å²) < 4.78 is 2.13. The van der Waals surface area contributed by atoms with Crippen LogP contribution in [0.15, 0.2) is 36.7 Å². The molecule has 1 aliphatic carbocycles. The van der Waals surface area contributed by atoms with Gasteiger partial charge in [0.25, 0.3) is 0 Å². The van der Waals surface area contributed by atoms with Gasteiger partial charge >= 0.3 is 0 Å². The molecule has 1 aromatic carbocycles. The van der Waals surface area contributed by atoms with E-state index in [2.05, 4.69) is 49.2 Å². The Kier molecular flexibility index (Phi) is 5.33. The van der Waals surface area contributed by atoms with Crippen molar-refractivity contribution in [1.29, 1.82) is 0 Å². The van der Waals surface area contributed by atoms with Crippen LogP contribution < -0.4 is 10.2 Å². The molecule has 6 nitrogen and oxygen atoms in total. The van der Waals surface area contributed by atoms with Gasteiger partial charge in [0.1, 0.15) is 0 Å². The summed E-state index contributed by atoms with van der Waals surface area (Å²) in [5.74, 6) is 0.638. The average molecular weight is 391 g/mol. The predicted molar refractivity (Wildman–Crippen MR) is 118 cm³/mol. The van der Waals surface area contributed by atoms with E-state index in [9.17, 15) is 0 Å². The van der Waals surface area contributed by atoms with Gasteiger partial charge in [-0.15, -0.1) is 0 Å². The average Bonchev–Trinajstić information content (AvgIpc) is 3.00. The summed E-state index contributed by atoms with van der Waals surface area (Å²) in [7, 11) is 0. The van der Waals surface area contributed by atoms with E-state index in [4.69, 9.17) is 4.98 Å². The van der Waals surface area contributed by atoms with Crippen LogP contribution in [0.5, 0.6) is 0 Å². The number of piperidine rings is 1. The van der Waals surface area contributed by atoms with Gasteiger partial charge in [-0.25, -0.2) is 9.67 Å². The van der Waals surface area contributed by atoms with Crippen molar-refractivity contribution in [2.24, 2.45) is 0 Å². The highest BCUT2D eigenvalue weighted by atomic mass is 15.3. The Morgan fingerprint density at radius 3 is 2.31 bits per heavy atom. The zero-order chi connectivity index (χ0) is 19.5. The smallest absolute Gasteiger partial charge is 0.229 e. The lowest BCUT2D eigenvalue weighted by Crippen LogP contribution is -2.29. The zero-order valence-electron chi connectivity index (χ0n) is 17.1. The highest BCUT2D eigenvalue weighted by Gasteiger charge is 2.18. The van der Waals surface area contributed by atoms with Crippen molar-refractivity contribution in [2.45, 2.75) is 63.8 Å². The minimum Gasteiger partial charge on any atom is -0.372 e. The fraction of sp³-hybridized carbons (Fsp3) is 0.522. The number of fused-ring (bicyclic) bond motifs is 1. The van der Waals surface area contributed by atoms with E-state index in [0.717, 1.165) is 29.8 Å². The third-order valence-corrected chi connectivity index (χ3v) is 6.35.